The first-order valence-electron chi connectivity index (χ1n) is 5.66. The molecule has 0 atom stereocenters. The van der Waals surface area contributed by atoms with Gasteiger partial charge in [0.2, 0.25) is 0 Å². The summed E-state index contributed by atoms with van der Waals surface area (Å²) in [6, 6.07) is 5.45. The molecule has 0 aliphatic heterocycles. The number of hydrogen-bond donors (Lipinski definition) is 2. The summed E-state index contributed by atoms with van der Waals surface area (Å²) in [7, 11) is 0. The lowest BCUT2D eigenvalue weighted by Crippen LogP contribution is -2.44. The van der Waals surface area contributed by atoms with Gasteiger partial charge in [0.1, 0.15) is 0 Å². The normalized spacial score (nSPS) is 24.8. The average Bonchev–Trinajstić information content (AvgIpc) is 2.07. The Balaban J connectivity index is 2.14. The van der Waals surface area contributed by atoms with Gasteiger partial charge < -0.3 is 11.1 Å². The van der Waals surface area contributed by atoms with Gasteiger partial charge in [0.25, 0.3) is 0 Å². The van der Waals surface area contributed by atoms with Crippen molar-refractivity contribution in [3.05, 3.63) is 28.8 Å². The predicted octanol–water partition coefficient (Wildman–Crippen LogP) is 2.51. The summed E-state index contributed by atoms with van der Waals surface area (Å²) in [4.78, 5) is 0. The predicted molar refractivity (Wildman–Crippen MR) is 65.3 cm³/mol. The number of hydrogen-bond acceptors (Lipinski definition) is 2. The first kappa shape index (κ1) is 10.5. The van der Waals surface area contributed by atoms with E-state index in [0.29, 0.717) is 12.1 Å². The SMILES string of the molecule is Cc1cc(C)c(NC2CC(N)C2)c(C)c1. The molecule has 82 valence electrons. The van der Waals surface area contributed by atoms with Crippen molar-refractivity contribution in [3.63, 3.8) is 0 Å². The van der Waals surface area contributed by atoms with Gasteiger partial charge in [0, 0.05) is 17.8 Å². The molecule has 0 radical (unpaired) electrons. The summed E-state index contributed by atoms with van der Waals surface area (Å²) in [6.45, 7) is 6.48. The standard InChI is InChI=1S/C13H20N2/c1-8-4-9(2)13(10(3)5-8)15-12-6-11(14)7-12/h4-5,11-12,15H,6-7,14H2,1-3H3. The second-order valence-corrected chi connectivity index (χ2v) is 4.85. The third-order valence-corrected chi connectivity index (χ3v) is 3.20. The summed E-state index contributed by atoms with van der Waals surface area (Å²) in [5.41, 5.74) is 11.1. The van der Waals surface area contributed by atoms with Crippen LogP contribution >= 0.6 is 0 Å². The number of aryl methyl sites for hydroxylation is 3. The average molecular weight is 204 g/mol. The highest BCUT2D eigenvalue weighted by Gasteiger charge is 2.26. The van der Waals surface area contributed by atoms with E-state index in [0.717, 1.165) is 12.8 Å². The maximum Gasteiger partial charge on any atom is 0.0401 e. The van der Waals surface area contributed by atoms with Crippen molar-refractivity contribution in [2.24, 2.45) is 5.73 Å². The molecule has 0 saturated heterocycles. The quantitative estimate of drug-likeness (QED) is 0.777. The number of benzene rings is 1. The highest BCUT2D eigenvalue weighted by atomic mass is 15.0. The van der Waals surface area contributed by atoms with Gasteiger partial charge in [-0.2, -0.15) is 0 Å². The first-order chi connectivity index (χ1) is 7.06. The van der Waals surface area contributed by atoms with Crippen LogP contribution in [0.3, 0.4) is 0 Å². The molecule has 2 rings (SSSR count). The van der Waals surface area contributed by atoms with Crippen LogP contribution in [-0.4, -0.2) is 12.1 Å². The van der Waals surface area contributed by atoms with Crippen LogP contribution in [-0.2, 0) is 0 Å². The molecule has 0 amide bonds. The third-order valence-electron chi connectivity index (χ3n) is 3.20. The van der Waals surface area contributed by atoms with Crippen LogP contribution < -0.4 is 11.1 Å². The van der Waals surface area contributed by atoms with Gasteiger partial charge in [-0.25, -0.2) is 0 Å². The Kier molecular flexibility index (Phi) is 2.70. The highest BCUT2D eigenvalue weighted by Crippen LogP contribution is 2.27. The smallest absolute Gasteiger partial charge is 0.0401 e. The van der Waals surface area contributed by atoms with Gasteiger partial charge in [-0.3, -0.25) is 0 Å². The molecule has 1 aliphatic rings. The van der Waals surface area contributed by atoms with Gasteiger partial charge in [0.15, 0.2) is 0 Å². The van der Waals surface area contributed by atoms with E-state index in [-0.39, 0.29) is 0 Å². The summed E-state index contributed by atoms with van der Waals surface area (Å²) in [6.07, 6.45) is 2.21. The van der Waals surface area contributed by atoms with E-state index in [4.69, 9.17) is 5.73 Å². The van der Waals surface area contributed by atoms with Crippen LogP contribution in [0, 0.1) is 20.8 Å². The van der Waals surface area contributed by atoms with Crippen LogP contribution in [0.1, 0.15) is 29.5 Å². The number of anilines is 1. The molecule has 1 aromatic rings. The molecule has 0 aromatic heterocycles. The van der Waals surface area contributed by atoms with E-state index >= 15 is 0 Å². The van der Waals surface area contributed by atoms with Gasteiger partial charge in [-0.1, -0.05) is 17.7 Å². The van der Waals surface area contributed by atoms with E-state index < -0.39 is 0 Å². The fourth-order valence-corrected chi connectivity index (χ4v) is 2.39. The van der Waals surface area contributed by atoms with Crippen molar-refractivity contribution in [2.45, 2.75) is 45.7 Å². The Morgan fingerprint density at radius 1 is 1.13 bits per heavy atom. The molecule has 3 N–H and O–H groups in total. The minimum atomic E-state index is 0.411. The van der Waals surface area contributed by atoms with Crippen LogP contribution in [0.15, 0.2) is 12.1 Å². The minimum absolute atomic E-state index is 0.411. The molecule has 0 unspecified atom stereocenters. The number of rotatable bonds is 2. The summed E-state index contributed by atoms with van der Waals surface area (Å²) in [5.74, 6) is 0. The van der Waals surface area contributed by atoms with Crippen molar-refractivity contribution in [1.29, 1.82) is 0 Å². The summed E-state index contributed by atoms with van der Waals surface area (Å²) in [5, 5.41) is 3.59. The Morgan fingerprint density at radius 2 is 1.67 bits per heavy atom. The van der Waals surface area contributed by atoms with Gasteiger partial charge in [-0.15, -0.1) is 0 Å². The van der Waals surface area contributed by atoms with Crippen LogP contribution in [0.5, 0.6) is 0 Å². The molecule has 1 aromatic carbocycles. The lowest BCUT2D eigenvalue weighted by atomic mass is 9.87. The Morgan fingerprint density at radius 3 is 2.13 bits per heavy atom. The van der Waals surface area contributed by atoms with E-state index in [9.17, 15) is 0 Å². The molecular formula is C13H20N2. The van der Waals surface area contributed by atoms with Gasteiger partial charge in [0.05, 0.1) is 0 Å². The minimum Gasteiger partial charge on any atom is -0.382 e. The third kappa shape index (κ3) is 2.15. The molecule has 1 fully saturated rings. The second-order valence-electron chi connectivity index (χ2n) is 4.85. The molecule has 0 spiro atoms. The Hall–Kier alpha value is -1.02. The fourth-order valence-electron chi connectivity index (χ4n) is 2.39. The van der Waals surface area contributed by atoms with E-state index in [1.165, 1.54) is 22.4 Å². The molecule has 1 saturated carbocycles. The molecule has 2 heteroatoms. The summed E-state index contributed by atoms with van der Waals surface area (Å²) >= 11 is 0. The van der Waals surface area contributed by atoms with Crippen molar-refractivity contribution in [1.82, 2.24) is 0 Å². The molecular weight excluding hydrogens is 184 g/mol. The molecule has 0 bridgehead atoms. The topological polar surface area (TPSA) is 38.0 Å². The van der Waals surface area contributed by atoms with Crippen LogP contribution in [0.25, 0.3) is 0 Å². The number of nitrogens with one attached hydrogen (secondary N) is 1. The van der Waals surface area contributed by atoms with Crippen molar-refractivity contribution < 1.29 is 0 Å². The largest absolute Gasteiger partial charge is 0.382 e. The fraction of sp³-hybridized carbons (Fsp3) is 0.538. The second kappa shape index (κ2) is 3.86. The Labute approximate surface area is 91.9 Å². The zero-order chi connectivity index (χ0) is 11.0. The molecule has 1 aliphatic carbocycles. The molecule has 0 heterocycles. The molecule has 2 nitrogen and oxygen atoms in total. The number of nitrogens with two attached hydrogens (primary N) is 1. The zero-order valence-corrected chi connectivity index (χ0v) is 9.80. The van der Waals surface area contributed by atoms with Gasteiger partial charge in [-0.05, 0) is 44.7 Å². The van der Waals surface area contributed by atoms with E-state index in [1.54, 1.807) is 0 Å². The monoisotopic (exact) mass is 204 g/mol. The lowest BCUT2D eigenvalue weighted by molar-refractivity contribution is 0.373. The zero-order valence-electron chi connectivity index (χ0n) is 9.80. The maximum absolute atomic E-state index is 5.78. The van der Waals surface area contributed by atoms with Crippen LogP contribution in [0.2, 0.25) is 0 Å². The molecule has 15 heavy (non-hydrogen) atoms. The lowest BCUT2D eigenvalue weighted by Gasteiger charge is -2.34. The Bertz CT molecular complexity index is 342. The van der Waals surface area contributed by atoms with Crippen molar-refractivity contribution in [3.8, 4) is 0 Å². The van der Waals surface area contributed by atoms with Crippen LogP contribution in [0.4, 0.5) is 5.69 Å². The first-order valence-corrected chi connectivity index (χ1v) is 5.66. The van der Waals surface area contributed by atoms with E-state index in [1.807, 2.05) is 0 Å². The van der Waals surface area contributed by atoms with E-state index in [2.05, 4.69) is 38.2 Å². The summed E-state index contributed by atoms with van der Waals surface area (Å²) < 4.78 is 0. The van der Waals surface area contributed by atoms with Gasteiger partial charge >= 0.3 is 0 Å². The highest BCUT2D eigenvalue weighted by molar-refractivity contribution is 5.59. The van der Waals surface area contributed by atoms with Crippen molar-refractivity contribution >= 4 is 5.69 Å². The van der Waals surface area contributed by atoms with Crippen molar-refractivity contribution in [2.75, 3.05) is 5.32 Å². The maximum atomic E-state index is 5.78.